The second-order valence-electron chi connectivity index (χ2n) is 18.8. The van der Waals surface area contributed by atoms with Gasteiger partial charge in [-0.1, -0.05) is 26.0 Å². The number of fused-ring (bicyclic) bond motifs is 3. The molecule has 2 aliphatic heterocycles. The molecule has 4 aromatic heterocycles. The maximum atomic E-state index is 13.9. The zero-order valence-corrected chi connectivity index (χ0v) is 42.7. The van der Waals surface area contributed by atoms with Crippen LogP contribution in [0.5, 0.6) is 11.5 Å². The van der Waals surface area contributed by atoms with E-state index >= 15 is 0 Å². The number of carboxylic acid groups (broad SMARTS) is 1. The Hall–Kier alpha value is -9.48. The number of carbonyl (C=O) groups is 8. The maximum absolute atomic E-state index is 13.9. The smallest absolute Gasteiger partial charge is 0.405 e. The number of nitrogens with zero attached hydrogens (tertiary/aromatic N) is 7. The number of carbonyl (C=O) groups excluding carboxylic acids is 7. The standard InChI is InChI=1S/C52H57N13O11/c1-27(2)44(60-52(73)74)48(69)54-29(4)46(67)55-31-11-12-37-30(17-31)13-14-64(37)51(72)39-19-33(25-62(39)6)56-47(68)38-18-32(24-61(38)5)57-49(70)45-59-42(26-63(45)7)58-43(66)10-9-15-76-41-21-36-35(20-40(41)75-8)50(71)65-23-28(3)16-34(65)22-53-36/h11-14,17-22,24-27,29,34,44,60H,3,9-10,15-16,23H2,1-2,4-8H3,(H,54,69)(H,55,67)(H,56,68)(H,57,70)(H,58,66)(H,73,74)/t29-,34-,44-/m0/s1. The third kappa shape index (κ3) is 11.5. The number of anilines is 4. The number of aryl methyl sites for hydroxylation is 3. The molecule has 1 saturated heterocycles. The lowest BCUT2D eigenvalue weighted by atomic mass is 10.0. The van der Waals surface area contributed by atoms with Gasteiger partial charge >= 0.3 is 6.09 Å². The molecule has 396 valence electrons. The van der Waals surface area contributed by atoms with Crippen molar-refractivity contribution in [2.75, 3.05) is 41.5 Å². The lowest BCUT2D eigenvalue weighted by molar-refractivity contribution is -0.128. The number of aliphatic imine (C=N–C) groups is 1. The summed E-state index contributed by atoms with van der Waals surface area (Å²) < 4.78 is 17.4. The fourth-order valence-corrected chi connectivity index (χ4v) is 8.86. The van der Waals surface area contributed by atoms with E-state index in [4.69, 9.17) is 14.6 Å². The van der Waals surface area contributed by atoms with Crippen LogP contribution < -0.4 is 41.4 Å². The van der Waals surface area contributed by atoms with Crippen molar-refractivity contribution in [3.05, 3.63) is 108 Å². The molecule has 76 heavy (non-hydrogen) atoms. The summed E-state index contributed by atoms with van der Waals surface area (Å²) >= 11 is 0. The minimum atomic E-state index is -1.36. The normalized spacial score (nSPS) is 14.6. The van der Waals surface area contributed by atoms with Crippen molar-refractivity contribution < 1.29 is 52.9 Å². The average molecular weight is 1040 g/mol. The van der Waals surface area contributed by atoms with Gasteiger partial charge in [-0.3, -0.25) is 43.1 Å². The van der Waals surface area contributed by atoms with Gasteiger partial charge in [-0.2, -0.15) is 0 Å². The van der Waals surface area contributed by atoms with Gasteiger partial charge in [-0.25, -0.2) is 9.78 Å². The summed E-state index contributed by atoms with van der Waals surface area (Å²) in [6.07, 6.45) is 7.63. The van der Waals surface area contributed by atoms with E-state index in [-0.39, 0.29) is 59.8 Å². The van der Waals surface area contributed by atoms with Crippen molar-refractivity contribution in [3.8, 4) is 11.5 Å². The van der Waals surface area contributed by atoms with Crippen LogP contribution in [0.3, 0.4) is 0 Å². The summed E-state index contributed by atoms with van der Waals surface area (Å²) in [5, 5.41) is 25.4. The van der Waals surface area contributed by atoms with Crippen molar-refractivity contribution in [1.29, 1.82) is 0 Å². The molecule has 7 N–H and O–H groups in total. The molecule has 0 radical (unpaired) electrons. The van der Waals surface area contributed by atoms with Gasteiger partial charge in [0.25, 0.3) is 23.6 Å². The van der Waals surface area contributed by atoms with E-state index in [0.29, 0.717) is 70.1 Å². The molecule has 0 spiro atoms. The van der Waals surface area contributed by atoms with Crippen LogP contribution in [0.15, 0.2) is 90.5 Å². The largest absolute Gasteiger partial charge is 0.493 e. The summed E-state index contributed by atoms with van der Waals surface area (Å²) in [6.45, 7) is 9.46. The van der Waals surface area contributed by atoms with Gasteiger partial charge in [0.2, 0.25) is 23.5 Å². The van der Waals surface area contributed by atoms with Gasteiger partial charge in [0, 0.05) is 82.3 Å². The van der Waals surface area contributed by atoms with Crippen LogP contribution >= 0.6 is 0 Å². The first-order valence-corrected chi connectivity index (χ1v) is 24.1. The summed E-state index contributed by atoms with van der Waals surface area (Å²) in [5.41, 5.74) is 3.81. The van der Waals surface area contributed by atoms with Crippen molar-refractivity contribution in [2.45, 2.75) is 58.2 Å². The Kier molecular flexibility index (Phi) is 15.2. The van der Waals surface area contributed by atoms with Gasteiger partial charge in [0.1, 0.15) is 23.5 Å². The Balaban J connectivity index is 0.819. The molecule has 6 heterocycles. The van der Waals surface area contributed by atoms with E-state index in [0.717, 1.165) is 5.57 Å². The molecule has 24 heteroatoms. The van der Waals surface area contributed by atoms with E-state index in [9.17, 15) is 38.4 Å². The Labute approximate surface area is 435 Å². The zero-order chi connectivity index (χ0) is 54.7. The Morgan fingerprint density at radius 3 is 2.22 bits per heavy atom. The van der Waals surface area contributed by atoms with Crippen molar-refractivity contribution in [3.63, 3.8) is 0 Å². The number of hydrogen-bond acceptors (Lipinski definition) is 12. The van der Waals surface area contributed by atoms with Crippen LogP contribution in [0.25, 0.3) is 10.9 Å². The van der Waals surface area contributed by atoms with Crippen molar-refractivity contribution in [2.24, 2.45) is 32.1 Å². The predicted octanol–water partition coefficient (Wildman–Crippen LogP) is 5.27. The van der Waals surface area contributed by atoms with E-state index in [1.54, 1.807) is 106 Å². The second-order valence-corrected chi connectivity index (χ2v) is 18.8. The van der Waals surface area contributed by atoms with Gasteiger partial charge < -0.3 is 65.1 Å². The van der Waals surface area contributed by atoms with Crippen LogP contribution in [0.1, 0.15) is 82.0 Å². The third-order valence-electron chi connectivity index (χ3n) is 12.7. The zero-order valence-electron chi connectivity index (χ0n) is 42.7. The lowest BCUT2D eigenvalue weighted by Crippen LogP contribution is -2.53. The number of aromatic nitrogens is 5. The van der Waals surface area contributed by atoms with Crippen LogP contribution in [-0.2, 0) is 35.5 Å². The first-order chi connectivity index (χ1) is 36.2. The third-order valence-corrected chi connectivity index (χ3v) is 12.7. The van der Waals surface area contributed by atoms with Crippen LogP contribution in [0.2, 0.25) is 0 Å². The minimum absolute atomic E-state index is 0.0124. The molecule has 2 aliphatic rings. The van der Waals surface area contributed by atoms with E-state index in [2.05, 4.69) is 48.5 Å². The first kappa shape index (κ1) is 52.8. The highest BCUT2D eigenvalue weighted by molar-refractivity contribution is 6.08. The second kappa shape index (κ2) is 21.9. The Morgan fingerprint density at radius 1 is 0.803 bits per heavy atom. The minimum Gasteiger partial charge on any atom is -0.493 e. The molecule has 0 saturated carbocycles. The van der Waals surface area contributed by atoms with E-state index in [1.165, 1.54) is 46.1 Å². The number of amides is 7. The molecule has 0 unspecified atom stereocenters. The highest BCUT2D eigenvalue weighted by atomic mass is 16.5. The molecule has 24 nitrogen and oxygen atoms in total. The molecule has 6 aromatic rings. The molecule has 0 aliphatic carbocycles. The highest BCUT2D eigenvalue weighted by Gasteiger charge is 2.34. The summed E-state index contributed by atoms with van der Waals surface area (Å²) in [4.78, 5) is 114. The molecular weight excluding hydrogens is 983 g/mol. The van der Waals surface area contributed by atoms with Crippen LogP contribution in [-0.4, -0.2) is 125 Å². The highest BCUT2D eigenvalue weighted by Crippen LogP contribution is 2.38. The van der Waals surface area contributed by atoms with E-state index in [1.807, 2.05) is 0 Å². The van der Waals surface area contributed by atoms with Crippen LogP contribution in [0, 0.1) is 5.92 Å². The number of benzene rings is 2. The summed E-state index contributed by atoms with van der Waals surface area (Å²) in [6, 6.07) is 10.7. The van der Waals surface area contributed by atoms with Crippen molar-refractivity contribution >= 4 is 93.1 Å². The number of imidazole rings is 1. The molecule has 1 fully saturated rings. The molecular formula is C52H57N13O11. The SMILES string of the molecule is C=C1C[C@H]2C=Nc3cc(OCCCC(=O)Nc4cn(C)c(C(=O)Nc5cc(C(=O)Nc6cc(C(=O)n7ccc8cc(NC(=O)[C@H](C)NC(=O)[C@@H](NC(=O)O)C(C)C)ccc87)n(C)c6)n(C)c5)n4)c(OC)cc3C(=O)N2C1. The number of ether oxygens (including phenoxy) is 2. The molecule has 0 bridgehead atoms. The fraction of sp³-hybridized carbons (Fsp3) is 0.308. The monoisotopic (exact) mass is 1040 g/mol. The number of nitrogens with one attached hydrogen (secondary N) is 6. The number of hydrogen-bond donors (Lipinski definition) is 7. The van der Waals surface area contributed by atoms with Gasteiger partial charge in [-0.05, 0) is 68.1 Å². The number of rotatable bonds is 18. The summed E-state index contributed by atoms with van der Waals surface area (Å²) in [5.74, 6) is -2.72. The maximum Gasteiger partial charge on any atom is 0.405 e. The van der Waals surface area contributed by atoms with Gasteiger partial charge in [0.05, 0.1) is 47.9 Å². The molecule has 2 aromatic carbocycles. The summed E-state index contributed by atoms with van der Waals surface area (Å²) in [7, 11) is 6.36. The molecule has 3 atom stereocenters. The lowest BCUT2D eigenvalue weighted by Gasteiger charge is -2.22. The molecule has 8 rings (SSSR count). The van der Waals surface area contributed by atoms with Crippen LogP contribution in [0.4, 0.5) is 33.4 Å². The predicted molar refractivity (Wildman–Crippen MR) is 281 cm³/mol. The van der Waals surface area contributed by atoms with Gasteiger partial charge in [-0.15, -0.1) is 0 Å². The number of methoxy groups -OCH3 is 1. The average Bonchev–Trinajstić information content (AvgIpc) is 4.21. The Morgan fingerprint density at radius 2 is 1.51 bits per heavy atom. The fourth-order valence-electron chi connectivity index (χ4n) is 8.86. The quantitative estimate of drug-likeness (QED) is 0.0428. The van der Waals surface area contributed by atoms with Gasteiger partial charge in [0.15, 0.2) is 17.3 Å². The first-order valence-electron chi connectivity index (χ1n) is 24.1. The topological polar surface area (TPSA) is 296 Å². The van der Waals surface area contributed by atoms with Crippen molar-refractivity contribution in [1.82, 2.24) is 38.8 Å². The van der Waals surface area contributed by atoms with E-state index < -0.39 is 47.7 Å². The molecule has 7 amide bonds. The Bertz CT molecular complexity index is 3380.